The zero-order valence-electron chi connectivity index (χ0n) is 15.7. The van der Waals surface area contributed by atoms with Gasteiger partial charge in [0.2, 0.25) is 6.54 Å². The summed E-state index contributed by atoms with van der Waals surface area (Å²) in [5.74, 6) is 1.20. The van der Waals surface area contributed by atoms with E-state index in [1.54, 1.807) is 24.3 Å². The molecule has 0 radical (unpaired) electrons. The molecule has 3 rings (SSSR count). The molecule has 0 saturated heterocycles. The first-order valence-electron chi connectivity index (χ1n) is 8.78. The van der Waals surface area contributed by atoms with Gasteiger partial charge in [-0.25, -0.2) is 0 Å². The molecule has 1 aromatic heterocycles. The van der Waals surface area contributed by atoms with E-state index in [-0.39, 0.29) is 11.5 Å². The van der Waals surface area contributed by atoms with Crippen molar-refractivity contribution in [1.82, 2.24) is 14.8 Å². The largest absolute Gasteiger partial charge is 0.488 e. The molecule has 7 nitrogen and oxygen atoms in total. The van der Waals surface area contributed by atoms with Crippen LogP contribution in [0, 0.1) is 17.0 Å². The van der Waals surface area contributed by atoms with E-state index in [0.717, 1.165) is 5.69 Å². The number of nitro groups is 1. The van der Waals surface area contributed by atoms with Crippen LogP contribution in [0.4, 0.5) is 0 Å². The third kappa shape index (κ3) is 5.16. The monoisotopic (exact) mass is 430 g/mol. The SMILES string of the molecule is C=CCOc1ccc([C@@H](C[N+](=O)[O-])Sc2nnc(C)n2-c2ccccc2)cc1Cl. The lowest BCUT2D eigenvalue weighted by Crippen LogP contribution is -2.11. The summed E-state index contributed by atoms with van der Waals surface area (Å²) in [5.41, 5.74) is 1.60. The summed E-state index contributed by atoms with van der Waals surface area (Å²) in [7, 11) is 0. The smallest absolute Gasteiger partial charge is 0.220 e. The van der Waals surface area contributed by atoms with E-state index in [4.69, 9.17) is 16.3 Å². The van der Waals surface area contributed by atoms with Crippen LogP contribution in [0.25, 0.3) is 5.69 Å². The van der Waals surface area contributed by atoms with E-state index in [2.05, 4.69) is 16.8 Å². The third-order valence-corrected chi connectivity index (χ3v) is 5.53. The summed E-state index contributed by atoms with van der Waals surface area (Å²) in [6.07, 6.45) is 1.62. The molecule has 0 bridgehead atoms. The summed E-state index contributed by atoms with van der Waals surface area (Å²) in [6.45, 7) is 5.49. The van der Waals surface area contributed by atoms with Crippen LogP contribution in [0.2, 0.25) is 5.02 Å². The average molecular weight is 431 g/mol. The van der Waals surface area contributed by atoms with Gasteiger partial charge in [0.15, 0.2) is 5.16 Å². The molecule has 0 unspecified atom stereocenters. The van der Waals surface area contributed by atoms with Crippen LogP contribution in [-0.2, 0) is 0 Å². The second-order valence-corrected chi connectivity index (χ2v) is 7.69. The minimum atomic E-state index is -0.498. The van der Waals surface area contributed by atoms with Crippen LogP contribution in [0.3, 0.4) is 0 Å². The Labute approximate surface area is 177 Å². The molecule has 150 valence electrons. The highest BCUT2D eigenvalue weighted by Crippen LogP contribution is 2.38. The lowest BCUT2D eigenvalue weighted by atomic mass is 10.1. The van der Waals surface area contributed by atoms with Gasteiger partial charge in [-0.05, 0) is 36.8 Å². The van der Waals surface area contributed by atoms with Crippen molar-refractivity contribution in [3.8, 4) is 11.4 Å². The maximum absolute atomic E-state index is 11.3. The highest BCUT2D eigenvalue weighted by atomic mass is 35.5. The van der Waals surface area contributed by atoms with E-state index < -0.39 is 5.25 Å². The number of aryl methyl sites for hydroxylation is 1. The zero-order chi connectivity index (χ0) is 20.8. The molecule has 0 aliphatic heterocycles. The number of hydrogen-bond acceptors (Lipinski definition) is 6. The number of benzene rings is 2. The third-order valence-electron chi connectivity index (χ3n) is 4.06. The van der Waals surface area contributed by atoms with Crippen molar-refractivity contribution < 1.29 is 9.66 Å². The van der Waals surface area contributed by atoms with Crippen LogP contribution in [0.1, 0.15) is 16.6 Å². The van der Waals surface area contributed by atoms with E-state index >= 15 is 0 Å². The molecule has 0 fully saturated rings. The predicted molar refractivity (Wildman–Crippen MR) is 114 cm³/mol. The fraction of sp³-hybridized carbons (Fsp3) is 0.200. The van der Waals surface area contributed by atoms with E-state index in [1.165, 1.54) is 11.8 Å². The van der Waals surface area contributed by atoms with Crippen molar-refractivity contribution in [2.45, 2.75) is 17.3 Å². The maximum Gasteiger partial charge on any atom is 0.220 e. The fourth-order valence-corrected chi connectivity index (χ4v) is 4.16. The summed E-state index contributed by atoms with van der Waals surface area (Å²) < 4.78 is 7.36. The minimum absolute atomic E-state index is 0.283. The first-order chi connectivity index (χ1) is 14.0. The van der Waals surface area contributed by atoms with Gasteiger partial charge < -0.3 is 4.74 Å². The summed E-state index contributed by atoms with van der Waals surface area (Å²) in [6, 6.07) is 14.8. The van der Waals surface area contributed by atoms with Crippen LogP contribution in [-0.4, -0.2) is 32.8 Å². The number of rotatable bonds is 9. The molecule has 9 heteroatoms. The fourth-order valence-electron chi connectivity index (χ4n) is 2.75. The van der Waals surface area contributed by atoms with E-state index in [0.29, 0.717) is 33.9 Å². The van der Waals surface area contributed by atoms with Gasteiger partial charge in [0.25, 0.3) is 0 Å². The number of thioether (sulfide) groups is 1. The molecule has 3 aromatic rings. The summed E-state index contributed by atoms with van der Waals surface area (Å²) >= 11 is 7.59. The Morgan fingerprint density at radius 2 is 2.07 bits per heavy atom. The standard InChI is InChI=1S/C20H19ClN4O3S/c1-3-11-28-18-10-9-15(12-17(18)21)19(13-24(26)27)29-20-23-22-14(2)25(20)16-7-5-4-6-8-16/h3-10,12,19H,1,11,13H2,2H3/t19-/m1/s1. The molecule has 0 spiro atoms. The highest BCUT2D eigenvalue weighted by Gasteiger charge is 2.24. The Hall–Kier alpha value is -2.84. The Morgan fingerprint density at radius 3 is 2.72 bits per heavy atom. The lowest BCUT2D eigenvalue weighted by molar-refractivity contribution is -0.479. The summed E-state index contributed by atoms with van der Waals surface area (Å²) in [5, 5.41) is 20.2. The number of para-hydroxylation sites is 1. The Kier molecular flexibility index (Phi) is 6.90. The number of nitrogens with zero attached hydrogens (tertiary/aromatic N) is 4. The topological polar surface area (TPSA) is 83.1 Å². The van der Waals surface area contributed by atoms with E-state index in [9.17, 15) is 10.1 Å². The number of ether oxygens (including phenoxy) is 1. The second-order valence-electron chi connectivity index (χ2n) is 6.11. The van der Waals surface area contributed by atoms with Gasteiger partial charge in [-0.15, -0.1) is 10.2 Å². The second kappa shape index (κ2) is 9.58. The van der Waals surface area contributed by atoms with Gasteiger partial charge in [0.05, 0.1) is 5.02 Å². The minimum Gasteiger partial charge on any atom is -0.488 e. The molecule has 29 heavy (non-hydrogen) atoms. The van der Waals surface area contributed by atoms with Gasteiger partial charge in [-0.2, -0.15) is 0 Å². The van der Waals surface area contributed by atoms with Crippen LogP contribution in [0.5, 0.6) is 5.75 Å². The van der Waals surface area contributed by atoms with Crippen molar-refractivity contribution in [1.29, 1.82) is 0 Å². The Balaban J connectivity index is 1.93. The Morgan fingerprint density at radius 1 is 1.31 bits per heavy atom. The van der Waals surface area contributed by atoms with Crippen LogP contribution in [0.15, 0.2) is 66.3 Å². The van der Waals surface area contributed by atoms with Crippen molar-refractivity contribution in [2.24, 2.45) is 0 Å². The first-order valence-corrected chi connectivity index (χ1v) is 10.0. The molecule has 0 aliphatic carbocycles. The highest BCUT2D eigenvalue weighted by molar-refractivity contribution is 7.99. The molecule has 1 atom stereocenters. The predicted octanol–water partition coefficient (Wildman–Crippen LogP) is 4.90. The normalized spacial score (nSPS) is 11.8. The summed E-state index contributed by atoms with van der Waals surface area (Å²) in [4.78, 5) is 11.0. The zero-order valence-corrected chi connectivity index (χ0v) is 17.3. The van der Waals surface area contributed by atoms with Gasteiger partial charge in [0, 0.05) is 10.6 Å². The van der Waals surface area contributed by atoms with Gasteiger partial charge in [0.1, 0.15) is 23.4 Å². The van der Waals surface area contributed by atoms with Crippen molar-refractivity contribution >= 4 is 23.4 Å². The number of hydrogen-bond donors (Lipinski definition) is 0. The van der Waals surface area contributed by atoms with Gasteiger partial charge >= 0.3 is 0 Å². The molecule has 0 aliphatic rings. The first kappa shape index (κ1) is 20.9. The lowest BCUT2D eigenvalue weighted by Gasteiger charge is -2.15. The number of aromatic nitrogens is 3. The molecule has 1 heterocycles. The molecule has 0 saturated carbocycles. The number of halogens is 1. The van der Waals surface area contributed by atoms with Crippen molar-refractivity contribution in [2.75, 3.05) is 13.2 Å². The molecule has 0 N–H and O–H groups in total. The van der Waals surface area contributed by atoms with Gasteiger partial charge in [-0.1, -0.05) is 60.3 Å². The van der Waals surface area contributed by atoms with Crippen molar-refractivity contribution in [3.05, 3.63) is 87.7 Å². The van der Waals surface area contributed by atoms with Crippen LogP contribution >= 0.6 is 23.4 Å². The molecular formula is C20H19ClN4O3S. The molecule has 2 aromatic carbocycles. The van der Waals surface area contributed by atoms with E-state index in [1.807, 2.05) is 41.8 Å². The average Bonchev–Trinajstić information content (AvgIpc) is 3.07. The van der Waals surface area contributed by atoms with Gasteiger partial charge in [-0.3, -0.25) is 14.7 Å². The molecule has 0 amide bonds. The van der Waals surface area contributed by atoms with Crippen LogP contribution < -0.4 is 4.74 Å². The Bertz CT molecular complexity index is 1010. The van der Waals surface area contributed by atoms with Crippen molar-refractivity contribution in [3.63, 3.8) is 0 Å². The molecular weight excluding hydrogens is 412 g/mol. The quantitative estimate of drug-likeness (QED) is 0.208. The maximum atomic E-state index is 11.3.